The van der Waals surface area contributed by atoms with E-state index in [2.05, 4.69) is 16.9 Å². The molecule has 0 aliphatic rings. The average molecular weight is 351 g/mol. The van der Waals surface area contributed by atoms with Gasteiger partial charge in [0.05, 0.1) is 12.0 Å². The van der Waals surface area contributed by atoms with Crippen LogP contribution in [0.4, 0.5) is 10.1 Å². The van der Waals surface area contributed by atoms with Gasteiger partial charge in [-0.2, -0.15) is 0 Å². The molecule has 1 amide bonds. The van der Waals surface area contributed by atoms with Crippen LogP contribution < -0.4 is 10.1 Å². The van der Waals surface area contributed by atoms with Crippen LogP contribution in [-0.2, 0) is 4.79 Å². The molecule has 26 heavy (non-hydrogen) atoms. The lowest BCUT2D eigenvalue weighted by Crippen LogP contribution is -2.20. The largest absolute Gasteiger partial charge is 0.483 e. The van der Waals surface area contributed by atoms with E-state index in [0.29, 0.717) is 22.7 Å². The Bertz CT molecular complexity index is 936. The summed E-state index contributed by atoms with van der Waals surface area (Å²) in [6.45, 7) is 5.50. The summed E-state index contributed by atoms with van der Waals surface area (Å²) in [5.41, 5.74) is 2.34. The van der Waals surface area contributed by atoms with Crippen LogP contribution in [0.5, 0.6) is 5.75 Å². The van der Waals surface area contributed by atoms with Gasteiger partial charge in [-0.05, 0) is 36.8 Å². The number of hydrogen-bond acceptors (Lipinski definition) is 3. The van der Waals surface area contributed by atoms with E-state index in [4.69, 9.17) is 4.74 Å². The molecule has 0 unspecified atom stereocenters. The van der Waals surface area contributed by atoms with E-state index in [9.17, 15) is 9.18 Å². The number of anilines is 1. The van der Waals surface area contributed by atoms with Crippen LogP contribution in [0.25, 0.3) is 5.70 Å². The minimum Gasteiger partial charge on any atom is -0.483 e. The van der Waals surface area contributed by atoms with Crippen LogP contribution in [0.15, 0.2) is 67.8 Å². The third-order valence-corrected chi connectivity index (χ3v) is 3.83. The van der Waals surface area contributed by atoms with Crippen LogP contribution in [0, 0.1) is 12.7 Å². The Kier molecular flexibility index (Phi) is 5.12. The molecule has 1 aromatic heterocycles. The molecular formula is C20H18FN3O2. The molecule has 0 saturated carbocycles. The summed E-state index contributed by atoms with van der Waals surface area (Å²) in [5.74, 6) is -0.224. The first-order valence-electron chi connectivity index (χ1n) is 8.00. The maximum Gasteiger partial charge on any atom is 0.262 e. The molecule has 0 atom stereocenters. The summed E-state index contributed by atoms with van der Waals surface area (Å²) >= 11 is 0. The van der Waals surface area contributed by atoms with Crippen molar-refractivity contribution in [2.45, 2.75) is 6.92 Å². The number of rotatable bonds is 6. The Hall–Kier alpha value is -3.41. The highest BCUT2D eigenvalue weighted by molar-refractivity contribution is 5.92. The van der Waals surface area contributed by atoms with Crippen LogP contribution in [0.3, 0.4) is 0 Å². The standard InChI is InChI=1S/C20H18FN3O2/c1-14-7-8-16(11-18(14)21)23-20(25)12-26-19-6-4-3-5-17(19)15(2)24-10-9-22-13-24/h3-11,13H,2,12H2,1H3,(H,23,25). The number of ether oxygens (including phenoxy) is 1. The molecular weight excluding hydrogens is 333 g/mol. The molecule has 0 spiro atoms. The number of nitrogens with one attached hydrogen (secondary N) is 1. The summed E-state index contributed by atoms with van der Waals surface area (Å²) in [5, 5.41) is 2.61. The molecule has 0 aliphatic carbocycles. The lowest BCUT2D eigenvalue weighted by molar-refractivity contribution is -0.118. The fourth-order valence-electron chi connectivity index (χ4n) is 2.40. The number of halogens is 1. The van der Waals surface area contributed by atoms with E-state index >= 15 is 0 Å². The number of para-hydroxylation sites is 1. The second-order valence-corrected chi connectivity index (χ2v) is 5.71. The highest BCUT2D eigenvalue weighted by Gasteiger charge is 2.11. The number of aromatic nitrogens is 2. The molecule has 0 aliphatic heterocycles. The van der Waals surface area contributed by atoms with Gasteiger partial charge in [0.15, 0.2) is 6.61 Å². The van der Waals surface area contributed by atoms with E-state index in [1.54, 1.807) is 48.4 Å². The maximum absolute atomic E-state index is 13.6. The quantitative estimate of drug-likeness (QED) is 0.733. The van der Waals surface area contributed by atoms with E-state index in [1.807, 2.05) is 18.2 Å². The molecule has 5 nitrogen and oxygen atoms in total. The van der Waals surface area contributed by atoms with Crippen LogP contribution in [0.1, 0.15) is 11.1 Å². The van der Waals surface area contributed by atoms with Crippen molar-refractivity contribution >= 4 is 17.3 Å². The Morgan fingerprint density at radius 3 is 2.85 bits per heavy atom. The highest BCUT2D eigenvalue weighted by Crippen LogP contribution is 2.26. The van der Waals surface area contributed by atoms with Gasteiger partial charge in [0.2, 0.25) is 0 Å². The molecule has 1 heterocycles. The van der Waals surface area contributed by atoms with Gasteiger partial charge in [-0.1, -0.05) is 24.8 Å². The Labute approximate surface area is 150 Å². The van der Waals surface area contributed by atoms with Gasteiger partial charge in [-0.25, -0.2) is 9.37 Å². The molecule has 132 valence electrons. The fourth-order valence-corrected chi connectivity index (χ4v) is 2.40. The topological polar surface area (TPSA) is 56.1 Å². The number of benzene rings is 2. The van der Waals surface area contributed by atoms with Gasteiger partial charge >= 0.3 is 0 Å². The van der Waals surface area contributed by atoms with E-state index < -0.39 is 0 Å². The second kappa shape index (κ2) is 7.65. The zero-order chi connectivity index (χ0) is 18.5. The van der Waals surface area contributed by atoms with E-state index in [0.717, 1.165) is 5.56 Å². The lowest BCUT2D eigenvalue weighted by Gasteiger charge is -2.14. The van der Waals surface area contributed by atoms with Crippen LogP contribution in [-0.4, -0.2) is 22.1 Å². The maximum atomic E-state index is 13.6. The second-order valence-electron chi connectivity index (χ2n) is 5.71. The van der Waals surface area contributed by atoms with Gasteiger partial charge in [-0.15, -0.1) is 0 Å². The molecule has 6 heteroatoms. The first-order valence-corrected chi connectivity index (χ1v) is 8.00. The normalized spacial score (nSPS) is 10.4. The van der Waals surface area contributed by atoms with Gasteiger partial charge in [-0.3, -0.25) is 4.79 Å². The Balaban J connectivity index is 1.67. The zero-order valence-electron chi connectivity index (χ0n) is 14.3. The molecule has 0 bridgehead atoms. The van der Waals surface area contributed by atoms with Crippen molar-refractivity contribution in [1.29, 1.82) is 0 Å². The summed E-state index contributed by atoms with van der Waals surface area (Å²) in [6, 6.07) is 11.8. The fraction of sp³-hybridized carbons (Fsp3) is 0.100. The SMILES string of the molecule is C=C(c1ccccc1OCC(=O)Nc1ccc(C)c(F)c1)n1ccnc1. The molecule has 3 rings (SSSR count). The monoisotopic (exact) mass is 351 g/mol. The van der Waals surface area contributed by atoms with Gasteiger partial charge in [0, 0.05) is 23.6 Å². The summed E-state index contributed by atoms with van der Waals surface area (Å²) < 4.78 is 21.0. The smallest absolute Gasteiger partial charge is 0.262 e. The zero-order valence-corrected chi connectivity index (χ0v) is 14.3. The van der Waals surface area contributed by atoms with Gasteiger partial charge in [0.1, 0.15) is 11.6 Å². The number of nitrogens with zero attached hydrogens (tertiary/aromatic N) is 2. The predicted molar refractivity (Wildman–Crippen MR) is 98.4 cm³/mol. The molecule has 0 fully saturated rings. The number of aryl methyl sites for hydroxylation is 1. The summed E-state index contributed by atoms with van der Waals surface area (Å²) in [7, 11) is 0. The van der Waals surface area contributed by atoms with Crippen LogP contribution in [0.2, 0.25) is 0 Å². The number of hydrogen-bond donors (Lipinski definition) is 1. The highest BCUT2D eigenvalue weighted by atomic mass is 19.1. The van der Waals surface area contributed by atoms with Crippen molar-refractivity contribution in [3.63, 3.8) is 0 Å². The first-order chi connectivity index (χ1) is 12.5. The minimum absolute atomic E-state index is 0.205. The Morgan fingerprint density at radius 2 is 2.12 bits per heavy atom. The van der Waals surface area contributed by atoms with Crippen molar-refractivity contribution in [3.05, 3.63) is 84.7 Å². The summed E-state index contributed by atoms with van der Waals surface area (Å²) in [4.78, 5) is 16.1. The molecule has 3 aromatic rings. The van der Waals surface area contributed by atoms with Crippen molar-refractivity contribution < 1.29 is 13.9 Å². The number of carbonyl (C=O) groups excluding carboxylic acids is 1. The van der Waals surface area contributed by atoms with E-state index in [-0.39, 0.29) is 18.3 Å². The third-order valence-electron chi connectivity index (χ3n) is 3.83. The number of imidazole rings is 1. The van der Waals surface area contributed by atoms with Gasteiger partial charge in [0.25, 0.3) is 5.91 Å². The molecule has 0 radical (unpaired) electrons. The van der Waals surface area contributed by atoms with E-state index in [1.165, 1.54) is 6.07 Å². The lowest BCUT2D eigenvalue weighted by atomic mass is 10.1. The van der Waals surface area contributed by atoms with Crippen LogP contribution >= 0.6 is 0 Å². The molecule has 2 aromatic carbocycles. The third kappa shape index (κ3) is 3.97. The van der Waals surface area contributed by atoms with Crippen molar-refractivity contribution in [2.75, 3.05) is 11.9 Å². The first kappa shape index (κ1) is 17.4. The van der Waals surface area contributed by atoms with Gasteiger partial charge < -0.3 is 14.6 Å². The van der Waals surface area contributed by atoms with Crippen molar-refractivity contribution in [1.82, 2.24) is 9.55 Å². The predicted octanol–water partition coefficient (Wildman–Crippen LogP) is 3.87. The van der Waals surface area contributed by atoms with Crippen molar-refractivity contribution in [3.8, 4) is 5.75 Å². The molecule has 0 saturated heterocycles. The van der Waals surface area contributed by atoms with Crippen molar-refractivity contribution in [2.24, 2.45) is 0 Å². The minimum atomic E-state index is -0.378. The molecule has 1 N–H and O–H groups in total. The summed E-state index contributed by atoms with van der Waals surface area (Å²) in [6.07, 6.45) is 5.07. The average Bonchev–Trinajstić information content (AvgIpc) is 3.17. The number of carbonyl (C=O) groups is 1. The Morgan fingerprint density at radius 1 is 1.31 bits per heavy atom. The number of amides is 1.